The number of hydrogen-bond acceptors (Lipinski definition) is 2. The minimum absolute atomic E-state index is 0.0994. The van der Waals surface area contributed by atoms with Crippen LogP contribution in [0.25, 0.3) is 11.1 Å². The van der Waals surface area contributed by atoms with Gasteiger partial charge in [0.25, 0.3) is 0 Å². The van der Waals surface area contributed by atoms with Gasteiger partial charge in [-0.05, 0) is 85.0 Å². The molecule has 0 aromatic heterocycles. The third kappa shape index (κ3) is 2.74. The fourth-order valence-electron chi connectivity index (χ4n) is 6.79. The summed E-state index contributed by atoms with van der Waals surface area (Å²) < 4.78 is 5.80. The molecule has 6 rings (SSSR count). The van der Waals surface area contributed by atoms with Crippen molar-refractivity contribution >= 4 is 17.7 Å². The quantitative estimate of drug-likeness (QED) is 0.670. The van der Waals surface area contributed by atoms with Gasteiger partial charge in [-0.15, -0.1) is 12.6 Å². The molecule has 0 atom stereocenters. The normalized spacial score (nSPS) is 31.1. The first-order chi connectivity index (χ1) is 13.1. The standard InChI is InChI=1S/C24H26O2S/c1-26-20-8-7-19(23(25)27)22(21(20)18-5-3-2-4-6-18)24-12-15-9-16(13-24)11-17(10-15)14-24/h2-8,15-17H,9-14H2,1H3,(H,25,27). The first-order valence-corrected chi connectivity index (χ1v) is 10.5. The van der Waals surface area contributed by atoms with E-state index in [2.05, 4.69) is 36.9 Å². The Morgan fingerprint density at radius 1 is 0.963 bits per heavy atom. The molecule has 0 amide bonds. The lowest BCUT2D eigenvalue weighted by molar-refractivity contribution is -0.00525. The van der Waals surface area contributed by atoms with Crippen LogP contribution >= 0.6 is 12.6 Å². The summed E-state index contributed by atoms with van der Waals surface area (Å²) in [5, 5.41) is -0.124. The Hall–Kier alpha value is -1.74. The van der Waals surface area contributed by atoms with E-state index in [1.54, 1.807) is 7.11 Å². The van der Waals surface area contributed by atoms with E-state index in [4.69, 9.17) is 4.74 Å². The Labute approximate surface area is 166 Å². The third-order valence-electron chi connectivity index (χ3n) is 7.25. The van der Waals surface area contributed by atoms with Crippen LogP contribution in [0.2, 0.25) is 0 Å². The molecule has 0 saturated heterocycles. The van der Waals surface area contributed by atoms with Crippen LogP contribution in [0.15, 0.2) is 42.5 Å². The van der Waals surface area contributed by atoms with Crippen molar-refractivity contribution in [2.24, 2.45) is 17.8 Å². The summed E-state index contributed by atoms with van der Waals surface area (Å²) in [7, 11) is 1.73. The van der Waals surface area contributed by atoms with Crippen LogP contribution in [0.1, 0.15) is 54.4 Å². The summed E-state index contributed by atoms with van der Waals surface area (Å²) in [5.74, 6) is 3.31. The van der Waals surface area contributed by atoms with Crippen LogP contribution in [-0.2, 0) is 5.41 Å². The Bertz CT molecular complexity index is 851. The molecule has 4 aliphatic carbocycles. The van der Waals surface area contributed by atoms with Crippen LogP contribution < -0.4 is 4.74 Å². The highest BCUT2D eigenvalue weighted by atomic mass is 32.1. The van der Waals surface area contributed by atoms with Crippen molar-refractivity contribution in [2.45, 2.75) is 43.9 Å². The smallest absolute Gasteiger partial charge is 0.216 e. The maximum atomic E-state index is 12.6. The van der Waals surface area contributed by atoms with E-state index >= 15 is 0 Å². The number of carbonyl (C=O) groups excluding carboxylic acids is 1. The van der Waals surface area contributed by atoms with Crippen LogP contribution in [0, 0.1) is 17.8 Å². The molecule has 0 radical (unpaired) electrons. The number of benzene rings is 2. The highest BCUT2D eigenvalue weighted by molar-refractivity contribution is 7.97. The molecule has 0 unspecified atom stereocenters. The van der Waals surface area contributed by atoms with Crippen LogP contribution in [0.4, 0.5) is 0 Å². The van der Waals surface area contributed by atoms with Crippen molar-refractivity contribution in [3.63, 3.8) is 0 Å². The molecular weight excluding hydrogens is 352 g/mol. The fourth-order valence-corrected chi connectivity index (χ4v) is 6.98. The maximum Gasteiger partial charge on any atom is 0.216 e. The van der Waals surface area contributed by atoms with E-state index in [-0.39, 0.29) is 10.5 Å². The predicted octanol–water partition coefficient (Wildman–Crippen LogP) is 5.90. The zero-order valence-corrected chi connectivity index (χ0v) is 16.7. The summed E-state index contributed by atoms with van der Waals surface area (Å²) in [6, 6.07) is 14.3. The molecule has 140 valence electrons. The average Bonchev–Trinajstić information content (AvgIpc) is 2.66. The van der Waals surface area contributed by atoms with E-state index in [0.29, 0.717) is 0 Å². The summed E-state index contributed by atoms with van der Waals surface area (Å²) in [4.78, 5) is 12.6. The number of rotatable bonds is 4. The van der Waals surface area contributed by atoms with Crippen molar-refractivity contribution in [1.82, 2.24) is 0 Å². The Morgan fingerprint density at radius 2 is 1.56 bits per heavy atom. The SMILES string of the molecule is COc1ccc(C(=O)S)c(C23CC4CC(CC(C4)C2)C3)c1-c1ccccc1. The van der Waals surface area contributed by atoms with Crippen molar-refractivity contribution in [3.8, 4) is 16.9 Å². The molecule has 2 aromatic rings. The number of ether oxygens (including phenoxy) is 1. The van der Waals surface area contributed by atoms with E-state index in [0.717, 1.165) is 40.2 Å². The van der Waals surface area contributed by atoms with Gasteiger partial charge in [-0.3, -0.25) is 4.79 Å². The summed E-state index contributed by atoms with van der Waals surface area (Å²) >= 11 is 4.27. The zero-order valence-electron chi connectivity index (χ0n) is 15.8. The van der Waals surface area contributed by atoms with E-state index < -0.39 is 0 Å². The van der Waals surface area contributed by atoms with Crippen molar-refractivity contribution in [1.29, 1.82) is 0 Å². The molecule has 2 aromatic carbocycles. The molecule has 0 aliphatic heterocycles. The third-order valence-corrected chi connectivity index (χ3v) is 7.49. The number of thiol groups is 1. The van der Waals surface area contributed by atoms with Crippen molar-refractivity contribution < 1.29 is 9.53 Å². The summed E-state index contributed by atoms with van der Waals surface area (Å²) in [5.41, 5.74) is 4.34. The second kappa shape index (κ2) is 6.41. The van der Waals surface area contributed by atoms with Gasteiger partial charge in [-0.25, -0.2) is 0 Å². The largest absolute Gasteiger partial charge is 0.496 e. The topological polar surface area (TPSA) is 26.3 Å². The minimum Gasteiger partial charge on any atom is -0.496 e. The van der Waals surface area contributed by atoms with Crippen LogP contribution in [0.3, 0.4) is 0 Å². The van der Waals surface area contributed by atoms with Gasteiger partial charge < -0.3 is 4.74 Å². The lowest BCUT2D eigenvalue weighted by Gasteiger charge is -2.57. The molecule has 4 bridgehead atoms. The molecule has 0 spiro atoms. The number of methoxy groups -OCH3 is 1. The zero-order chi connectivity index (χ0) is 18.6. The Balaban J connectivity index is 1.79. The van der Waals surface area contributed by atoms with Crippen molar-refractivity contribution in [3.05, 3.63) is 53.6 Å². The second-order valence-electron chi connectivity index (χ2n) is 8.93. The summed E-state index contributed by atoms with van der Waals surface area (Å²) in [6.07, 6.45) is 7.77. The van der Waals surface area contributed by atoms with E-state index in [9.17, 15) is 4.79 Å². The fraction of sp³-hybridized carbons (Fsp3) is 0.458. The molecule has 0 heterocycles. The summed E-state index contributed by atoms with van der Waals surface area (Å²) in [6.45, 7) is 0. The molecular formula is C24H26O2S. The highest BCUT2D eigenvalue weighted by Gasteiger charge is 2.53. The molecule has 4 saturated carbocycles. The average molecular weight is 379 g/mol. The van der Waals surface area contributed by atoms with Gasteiger partial charge in [0.15, 0.2) is 0 Å². The van der Waals surface area contributed by atoms with Gasteiger partial charge in [0.1, 0.15) is 5.75 Å². The molecule has 4 aliphatic rings. The van der Waals surface area contributed by atoms with Gasteiger partial charge >= 0.3 is 0 Å². The highest BCUT2D eigenvalue weighted by Crippen LogP contribution is 2.63. The number of hydrogen-bond donors (Lipinski definition) is 1. The van der Waals surface area contributed by atoms with Crippen LogP contribution in [0.5, 0.6) is 5.75 Å². The molecule has 3 heteroatoms. The lowest BCUT2D eigenvalue weighted by atomic mass is 9.47. The van der Waals surface area contributed by atoms with Gasteiger partial charge in [0, 0.05) is 11.1 Å². The second-order valence-corrected chi connectivity index (χ2v) is 9.34. The molecule has 2 nitrogen and oxygen atoms in total. The monoisotopic (exact) mass is 378 g/mol. The van der Waals surface area contributed by atoms with Gasteiger partial charge in [-0.1, -0.05) is 30.3 Å². The first kappa shape index (κ1) is 17.4. The molecule has 4 fully saturated rings. The van der Waals surface area contributed by atoms with E-state index in [1.165, 1.54) is 44.1 Å². The van der Waals surface area contributed by atoms with Crippen molar-refractivity contribution in [2.75, 3.05) is 7.11 Å². The van der Waals surface area contributed by atoms with Crippen LogP contribution in [-0.4, -0.2) is 12.2 Å². The Morgan fingerprint density at radius 3 is 2.07 bits per heavy atom. The molecule has 0 N–H and O–H groups in total. The minimum atomic E-state index is -0.124. The predicted molar refractivity (Wildman–Crippen MR) is 112 cm³/mol. The van der Waals surface area contributed by atoms with Gasteiger partial charge in [-0.2, -0.15) is 0 Å². The van der Waals surface area contributed by atoms with Gasteiger partial charge in [0.05, 0.1) is 7.11 Å². The molecule has 27 heavy (non-hydrogen) atoms. The van der Waals surface area contributed by atoms with Gasteiger partial charge in [0.2, 0.25) is 5.12 Å². The Kier molecular flexibility index (Phi) is 4.12. The number of carbonyl (C=O) groups is 1. The lowest BCUT2D eigenvalue weighted by Crippen LogP contribution is -2.49. The maximum absolute atomic E-state index is 12.6. The van der Waals surface area contributed by atoms with E-state index in [1.807, 2.05) is 18.2 Å². The first-order valence-electron chi connectivity index (χ1n) is 10.1.